The topological polar surface area (TPSA) is 49.2 Å². The molecule has 0 amide bonds. The number of hydrogen-bond donors (Lipinski definition) is 0. The number of methoxy groups -OCH3 is 1. The van der Waals surface area contributed by atoms with Crippen molar-refractivity contribution in [2.45, 2.75) is 13.5 Å². The Hall–Kier alpha value is -3.38. The van der Waals surface area contributed by atoms with Crippen molar-refractivity contribution in [3.8, 4) is 22.6 Å². The fourth-order valence-electron chi connectivity index (χ4n) is 3.86. The van der Waals surface area contributed by atoms with Gasteiger partial charge in [-0.2, -0.15) is 8.75 Å². The zero-order valence-electron chi connectivity index (χ0n) is 16.8. The van der Waals surface area contributed by atoms with Crippen molar-refractivity contribution in [1.29, 1.82) is 0 Å². The average Bonchev–Trinajstić information content (AvgIpc) is 3.38. The number of hydrogen-bond acceptors (Lipinski definition) is 5. The first kappa shape index (κ1) is 18.6. The number of ether oxygens (including phenoxy) is 2. The fourth-order valence-corrected chi connectivity index (χ4v) is 4.38. The molecule has 0 saturated carbocycles. The number of aromatic nitrogens is 3. The molecule has 150 valence electrons. The van der Waals surface area contributed by atoms with Gasteiger partial charge in [0.15, 0.2) is 0 Å². The van der Waals surface area contributed by atoms with Gasteiger partial charge in [0.05, 0.1) is 32.0 Å². The molecule has 0 fully saturated rings. The van der Waals surface area contributed by atoms with Crippen LogP contribution in [0, 0.1) is 0 Å². The lowest BCUT2D eigenvalue weighted by Crippen LogP contribution is -2.00. The van der Waals surface area contributed by atoms with Crippen molar-refractivity contribution in [2.75, 3.05) is 13.7 Å². The minimum absolute atomic E-state index is 0.638. The molecular formula is C24H21N3O2S. The molecule has 0 bridgehead atoms. The Labute approximate surface area is 178 Å². The summed E-state index contributed by atoms with van der Waals surface area (Å²) in [6, 6.07) is 20.7. The second kappa shape index (κ2) is 7.80. The largest absolute Gasteiger partial charge is 0.496 e. The smallest absolute Gasteiger partial charge is 0.123 e. The quantitative estimate of drug-likeness (QED) is 0.353. The van der Waals surface area contributed by atoms with Crippen LogP contribution in [0.4, 0.5) is 0 Å². The molecule has 5 aromatic rings. The third kappa shape index (κ3) is 3.29. The van der Waals surface area contributed by atoms with Crippen molar-refractivity contribution in [2.24, 2.45) is 0 Å². The molecule has 0 unspecified atom stereocenters. The Morgan fingerprint density at radius 2 is 1.83 bits per heavy atom. The number of fused-ring (bicyclic) bond motifs is 2. The van der Waals surface area contributed by atoms with E-state index in [9.17, 15) is 0 Å². The molecule has 2 aromatic heterocycles. The molecule has 0 aliphatic heterocycles. The summed E-state index contributed by atoms with van der Waals surface area (Å²) in [4.78, 5) is 0. The number of para-hydroxylation sites is 1. The first-order valence-corrected chi connectivity index (χ1v) is 10.6. The van der Waals surface area contributed by atoms with Crippen LogP contribution in [-0.2, 0) is 6.54 Å². The van der Waals surface area contributed by atoms with E-state index in [1.165, 1.54) is 11.7 Å². The first-order chi connectivity index (χ1) is 14.8. The van der Waals surface area contributed by atoms with Crippen LogP contribution in [0.3, 0.4) is 0 Å². The summed E-state index contributed by atoms with van der Waals surface area (Å²) in [6.45, 7) is 3.36. The molecule has 0 spiro atoms. The molecule has 5 nitrogen and oxygen atoms in total. The van der Waals surface area contributed by atoms with Gasteiger partial charge in [-0.1, -0.05) is 24.3 Å². The first-order valence-electron chi connectivity index (χ1n) is 9.87. The Balaban J connectivity index is 1.67. The van der Waals surface area contributed by atoms with Crippen molar-refractivity contribution in [1.82, 2.24) is 13.3 Å². The summed E-state index contributed by atoms with van der Waals surface area (Å²) < 4.78 is 22.3. The standard InChI is InChI=1S/C24H21N3O2S/c1-3-29-18-9-11-23-19(13-18)20(16-8-10-21-22(12-16)26-30-25-21)15-27(23)14-17-6-4-5-7-24(17)28-2/h4-13,15H,3,14H2,1-2H3. The summed E-state index contributed by atoms with van der Waals surface area (Å²) in [5.41, 5.74) is 6.40. The van der Waals surface area contributed by atoms with Gasteiger partial charge in [-0.15, -0.1) is 0 Å². The molecule has 0 aliphatic carbocycles. The minimum Gasteiger partial charge on any atom is -0.496 e. The fraction of sp³-hybridized carbons (Fsp3) is 0.167. The van der Waals surface area contributed by atoms with Crippen molar-refractivity contribution >= 4 is 33.7 Å². The van der Waals surface area contributed by atoms with E-state index in [2.05, 4.69) is 49.8 Å². The van der Waals surface area contributed by atoms with Gasteiger partial charge in [0.1, 0.15) is 22.5 Å². The van der Waals surface area contributed by atoms with Gasteiger partial charge in [-0.25, -0.2) is 0 Å². The molecule has 0 radical (unpaired) electrons. The van der Waals surface area contributed by atoms with Gasteiger partial charge in [-0.3, -0.25) is 0 Å². The molecule has 0 aliphatic rings. The molecule has 0 saturated heterocycles. The lowest BCUT2D eigenvalue weighted by Gasteiger charge is -2.10. The summed E-state index contributed by atoms with van der Waals surface area (Å²) in [5.74, 6) is 1.76. The van der Waals surface area contributed by atoms with Gasteiger partial charge < -0.3 is 14.0 Å². The molecule has 0 N–H and O–H groups in total. The summed E-state index contributed by atoms with van der Waals surface area (Å²) in [6.07, 6.45) is 2.20. The molecule has 5 rings (SSSR count). The highest BCUT2D eigenvalue weighted by atomic mass is 32.1. The maximum absolute atomic E-state index is 5.78. The molecule has 3 aromatic carbocycles. The third-order valence-electron chi connectivity index (χ3n) is 5.26. The van der Waals surface area contributed by atoms with Crippen LogP contribution in [0.2, 0.25) is 0 Å². The SMILES string of the molecule is CCOc1ccc2c(c1)c(-c1ccc3nsnc3c1)cn2Cc1ccccc1OC. The lowest BCUT2D eigenvalue weighted by molar-refractivity contribution is 0.340. The van der Waals surface area contributed by atoms with Crippen LogP contribution in [0.5, 0.6) is 11.5 Å². The maximum Gasteiger partial charge on any atom is 0.123 e. The van der Waals surface area contributed by atoms with E-state index in [4.69, 9.17) is 9.47 Å². The van der Waals surface area contributed by atoms with Crippen LogP contribution in [-0.4, -0.2) is 27.0 Å². The zero-order chi connectivity index (χ0) is 20.5. The molecule has 2 heterocycles. The molecule has 6 heteroatoms. The Morgan fingerprint density at radius 1 is 0.967 bits per heavy atom. The van der Waals surface area contributed by atoms with E-state index in [1.807, 2.05) is 37.3 Å². The summed E-state index contributed by atoms with van der Waals surface area (Å²) in [7, 11) is 1.71. The van der Waals surface area contributed by atoms with E-state index >= 15 is 0 Å². The van der Waals surface area contributed by atoms with Crippen LogP contribution < -0.4 is 9.47 Å². The van der Waals surface area contributed by atoms with E-state index < -0.39 is 0 Å². The normalized spacial score (nSPS) is 11.3. The van der Waals surface area contributed by atoms with Crippen LogP contribution >= 0.6 is 11.7 Å². The second-order valence-electron chi connectivity index (χ2n) is 7.06. The van der Waals surface area contributed by atoms with Gasteiger partial charge >= 0.3 is 0 Å². The highest BCUT2D eigenvalue weighted by Gasteiger charge is 2.14. The highest BCUT2D eigenvalue weighted by molar-refractivity contribution is 7.00. The van der Waals surface area contributed by atoms with Gasteiger partial charge in [-0.05, 0) is 48.9 Å². The Bertz CT molecular complexity index is 1340. The molecule has 30 heavy (non-hydrogen) atoms. The predicted octanol–water partition coefficient (Wildman–Crippen LogP) is 5.77. The van der Waals surface area contributed by atoms with E-state index in [1.54, 1.807) is 7.11 Å². The number of rotatable bonds is 6. The number of nitrogens with zero attached hydrogens (tertiary/aromatic N) is 3. The monoisotopic (exact) mass is 415 g/mol. The van der Waals surface area contributed by atoms with Crippen LogP contribution in [0.15, 0.2) is 66.9 Å². The van der Waals surface area contributed by atoms with E-state index in [-0.39, 0.29) is 0 Å². The average molecular weight is 416 g/mol. The minimum atomic E-state index is 0.638. The van der Waals surface area contributed by atoms with Crippen molar-refractivity contribution in [3.63, 3.8) is 0 Å². The lowest BCUT2D eigenvalue weighted by atomic mass is 10.0. The van der Waals surface area contributed by atoms with E-state index in [0.29, 0.717) is 6.61 Å². The van der Waals surface area contributed by atoms with Gasteiger partial charge in [0, 0.05) is 28.2 Å². The van der Waals surface area contributed by atoms with E-state index in [0.717, 1.165) is 56.7 Å². The van der Waals surface area contributed by atoms with Crippen molar-refractivity contribution in [3.05, 3.63) is 72.4 Å². The maximum atomic E-state index is 5.78. The highest BCUT2D eigenvalue weighted by Crippen LogP contribution is 2.35. The predicted molar refractivity (Wildman–Crippen MR) is 122 cm³/mol. The van der Waals surface area contributed by atoms with Gasteiger partial charge in [0.2, 0.25) is 0 Å². The Kier molecular flexibility index (Phi) is 4.85. The van der Waals surface area contributed by atoms with Gasteiger partial charge in [0.25, 0.3) is 0 Å². The molecule has 0 atom stereocenters. The van der Waals surface area contributed by atoms with Crippen LogP contribution in [0.25, 0.3) is 33.1 Å². The number of benzene rings is 3. The summed E-state index contributed by atoms with van der Waals surface area (Å²) in [5, 5.41) is 1.15. The molecular weight excluding hydrogens is 394 g/mol. The summed E-state index contributed by atoms with van der Waals surface area (Å²) >= 11 is 1.24. The Morgan fingerprint density at radius 3 is 2.70 bits per heavy atom. The van der Waals surface area contributed by atoms with Crippen LogP contribution in [0.1, 0.15) is 12.5 Å². The van der Waals surface area contributed by atoms with Crippen molar-refractivity contribution < 1.29 is 9.47 Å². The zero-order valence-corrected chi connectivity index (χ0v) is 17.6. The second-order valence-corrected chi connectivity index (χ2v) is 7.59. The third-order valence-corrected chi connectivity index (χ3v) is 5.82.